The van der Waals surface area contributed by atoms with Gasteiger partial charge in [0.15, 0.2) is 11.5 Å². The van der Waals surface area contributed by atoms with Gasteiger partial charge in [-0.15, -0.1) is 0 Å². The number of rotatable bonds is 5. The third kappa shape index (κ3) is 3.77. The molecule has 0 N–H and O–H groups in total. The number of methoxy groups -OCH3 is 1. The molecule has 3 aromatic heterocycles. The summed E-state index contributed by atoms with van der Waals surface area (Å²) >= 11 is 0. The third-order valence-corrected chi connectivity index (χ3v) is 4.89. The second-order valence-corrected chi connectivity index (χ2v) is 6.83. The molecule has 0 bridgehead atoms. The first-order valence-corrected chi connectivity index (χ1v) is 8.96. The highest BCUT2D eigenvalue weighted by Crippen LogP contribution is 2.29. The number of anilines is 1. The molecule has 1 fully saturated rings. The minimum atomic E-state index is -4.54. The van der Waals surface area contributed by atoms with Gasteiger partial charge in [0.2, 0.25) is 0 Å². The van der Waals surface area contributed by atoms with Crippen LogP contribution in [0, 0.1) is 6.92 Å². The average Bonchev–Trinajstić information content (AvgIpc) is 3.03. The first kappa shape index (κ1) is 20.0. The maximum Gasteiger partial charge on any atom is 0.419 e. The summed E-state index contributed by atoms with van der Waals surface area (Å²) in [5.41, 5.74) is -0.000439. The summed E-state index contributed by atoms with van der Waals surface area (Å²) in [6.07, 6.45) is -1.48. The van der Waals surface area contributed by atoms with E-state index in [1.54, 1.807) is 20.2 Å². The van der Waals surface area contributed by atoms with Crippen LogP contribution in [0.3, 0.4) is 0 Å². The molecule has 1 saturated heterocycles. The van der Waals surface area contributed by atoms with E-state index in [4.69, 9.17) is 9.26 Å². The quantitative estimate of drug-likeness (QED) is 0.615. The number of aryl methyl sites for hydroxylation is 1. The summed E-state index contributed by atoms with van der Waals surface area (Å²) in [7, 11) is 1.64. The van der Waals surface area contributed by atoms with Crippen molar-refractivity contribution in [1.29, 1.82) is 0 Å². The summed E-state index contributed by atoms with van der Waals surface area (Å²) in [5.74, 6) is 0.350. The van der Waals surface area contributed by atoms with Gasteiger partial charge in [0.1, 0.15) is 5.76 Å². The molecule has 0 atom stereocenters. The molecule has 0 aromatic carbocycles. The van der Waals surface area contributed by atoms with Crippen molar-refractivity contribution < 1.29 is 22.4 Å². The monoisotopic (exact) mass is 422 g/mol. The second kappa shape index (κ2) is 7.52. The van der Waals surface area contributed by atoms with E-state index in [1.165, 1.54) is 10.7 Å². The summed E-state index contributed by atoms with van der Waals surface area (Å²) in [5, 5.41) is 8.03. The van der Waals surface area contributed by atoms with E-state index in [-0.39, 0.29) is 29.7 Å². The average molecular weight is 422 g/mol. The van der Waals surface area contributed by atoms with Crippen LogP contribution >= 0.6 is 0 Å². The van der Waals surface area contributed by atoms with Crippen LogP contribution in [0.4, 0.5) is 18.9 Å². The summed E-state index contributed by atoms with van der Waals surface area (Å²) in [6, 6.07) is 1.47. The molecule has 0 radical (unpaired) electrons. The zero-order valence-corrected chi connectivity index (χ0v) is 16.0. The Kier molecular flexibility index (Phi) is 5.02. The number of halogens is 3. The first-order valence-electron chi connectivity index (χ1n) is 8.96. The van der Waals surface area contributed by atoms with Crippen molar-refractivity contribution in [3.8, 4) is 11.5 Å². The maximum absolute atomic E-state index is 12.7. The minimum absolute atomic E-state index is 0.00879. The molecule has 30 heavy (non-hydrogen) atoms. The second-order valence-electron chi connectivity index (χ2n) is 6.83. The van der Waals surface area contributed by atoms with E-state index >= 15 is 0 Å². The Labute approximate surface area is 168 Å². The zero-order valence-electron chi connectivity index (χ0n) is 16.0. The lowest BCUT2D eigenvalue weighted by Crippen LogP contribution is -2.52. The van der Waals surface area contributed by atoms with Crippen LogP contribution in [-0.4, -0.2) is 51.2 Å². The molecule has 4 rings (SSSR count). The predicted octanol–water partition coefficient (Wildman–Crippen LogP) is 1.90. The molecular weight excluding hydrogens is 405 g/mol. The lowest BCUT2D eigenvalue weighted by Gasteiger charge is -2.39. The van der Waals surface area contributed by atoms with Gasteiger partial charge >= 0.3 is 6.18 Å². The topological polar surface area (TPSA) is 99.2 Å². The van der Waals surface area contributed by atoms with Crippen molar-refractivity contribution in [2.45, 2.75) is 25.7 Å². The maximum atomic E-state index is 12.7. The Morgan fingerprint density at radius 1 is 1.23 bits per heavy atom. The molecule has 1 aliphatic rings. The number of hydrogen-bond donors (Lipinski definition) is 0. The fourth-order valence-electron chi connectivity index (χ4n) is 3.01. The standard InChI is InChI=1S/C18H17F3N6O3/c1-10-14(16(25-30-10)17-22-4-11(5-23-17)18(19,20)21)9-27-15(28)3-12(6-24-27)26-7-13(8-26)29-2/h3-6,13H,7-9H2,1-2H3. The molecule has 9 nitrogen and oxygen atoms in total. The van der Waals surface area contributed by atoms with Gasteiger partial charge in [0.25, 0.3) is 5.56 Å². The normalized spacial score (nSPS) is 14.8. The molecule has 158 valence electrons. The molecule has 0 aliphatic carbocycles. The van der Waals surface area contributed by atoms with Crippen molar-refractivity contribution in [2.75, 3.05) is 25.1 Å². The van der Waals surface area contributed by atoms with E-state index in [2.05, 4.69) is 20.2 Å². The SMILES string of the molecule is COC1CN(c2cnn(Cc3c(-c4ncc(C(F)(F)F)cn4)noc3C)c(=O)c2)C1. The van der Waals surface area contributed by atoms with Crippen LogP contribution in [0.1, 0.15) is 16.9 Å². The van der Waals surface area contributed by atoms with Gasteiger partial charge in [-0.3, -0.25) is 4.79 Å². The third-order valence-electron chi connectivity index (χ3n) is 4.89. The van der Waals surface area contributed by atoms with Crippen LogP contribution < -0.4 is 10.5 Å². The number of nitrogens with zero attached hydrogens (tertiary/aromatic N) is 6. The number of hydrogen-bond acceptors (Lipinski definition) is 8. The predicted molar refractivity (Wildman–Crippen MR) is 97.9 cm³/mol. The lowest BCUT2D eigenvalue weighted by molar-refractivity contribution is -0.138. The van der Waals surface area contributed by atoms with E-state index in [0.717, 1.165) is 0 Å². The molecule has 3 aromatic rings. The summed E-state index contributed by atoms with van der Waals surface area (Å²) < 4.78 is 49.8. The van der Waals surface area contributed by atoms with Crippen LogP contribution in [-0.2, 0) is 17.5 Å². The Morgan fingerprint density at radius 2 is 1.93 bits per heavy atom. The highest BCUT2D eigenvalue weighted by molar-refractivity contribution is 5.55. The molecule has 0 spiro atoms. The van der Waals surface area contributed by atoms with E-state index in [9.17, 15) is 18.0 Å². The molecule has 4 heterocycles. The highest BCUT2D eigenvalue weighted by Gasteiger charge is 2.32. The largest absolute Gasteiger partial charge is 0.419 e. The van der Waals surface area contributed by atoms with Crippen LogP contribution in [0.5, 0.6) is 0 Å². The molecular formula is C18H17F3N6O3. The van der Waals surface area contributed by atoms with Crippen LogP contribution in [0.25, 0.3) is 11.5 Å². The fraction of sp³-hybridized carbons (Fsp3) is 0.389. The van der Waals surface area contributed by atoms with Gasteiger partial charge in [-0.05, 0) is 6.92 Å². The molecule has 1 aliphatic heterocycles. The number of ether oxygens (including phenoxy) is 1. The van der Waals surface area contributed by atoms with Gasteiger partial charge in [0, 0.05) is 44.2 Å². The lowest BCUT2D eigenvalue weighted by atomic mass is 10.1. The Bertz CT molecular complexity index is 1100. The number of aromatic nitrogens is 5. The highest BCUT2D eigenvalue weighted by atomic mass is 19.4. The minimum Gasteiger partial charge on any atom is -0.378 e. The molecule has 0 unspecified atom stereocenters. The first-order chi connectivity index (χ1) is 14.3. The van der Waals surface area contributed by atoms with E-state index < -0.39 is 11.7 Å². The number of alkyl halides is 3. The summed E-state index contributed by atoms with van der Waals surface area (Å²) in [4.78, 5) is 22.0. The van der Waals surface area contributed by atoms with Crippen molar-refractivity contribution in [1.82, 2.24) is 24.9 Å². The van der Waals surface area contributed by atoms with E-state index in [0.29, 0.717) is 42.5 Å². The van der Waals surface area contributed by atoms with Gasteiger partial charge in [0.05, 0.1) is 30.1 Å². The van der Waals surface area contributed by atoms with Crippen LogP contribution in [0.15, 0.2) is 34.0 Å². The van der Waals surface area contributed by atoms with Crippen molar-refractivity contribution >= 4 is 5.69 Å². The Hall–Kier alpha value is -3.28. The van der Waals surface area contributed by atoms with E-state index in [1.807, 2.05) is 4.90 Å². The van der Waals surface area contributed by atoms with Crippen molar-refractivity contribution in [3.05, 3.63) is 51.9 Å². The smallest absolute Gasteiger partial charge is 0.378 e. The van der Waals surface area contributed by atoms with Gasteiger partial charge < -0.3 is 14.2 Å². The molecule has 0 saturated carbocycles. The molecule has 12 heteroatoms. The molecule has 0 amide bonds. The van der Waals surface area contributed by atoms with Crippen molar-refractivity contribution in [3.63, 3.8) is 0 Å². The Balaban J connectivity index is 1.58. The Morgan fingerprint density at radius 3 is 2.53 bits per heavy atom. The fourth-order valence-corrected chi connectivity index (χ4v) is 3.01. The van der Waals surface area contributed by atoms with Crippen LogP contribution in [0.2, 0.25) is 0 Å². The summed E-state index contributed by atoms with van der Waals surface area (Å²) in [6.45, 7) is 3.00. The van der Waals surface area contributed by atoms with Gasteiger partial charge in [-0.1, -0.05) is 5.16 Å². The van der Waals surface area contributed by atoms with Crippen molar-refractivity contribution in [2.24, 2.45) is 0 Å². The zero-order chi connectivity index (χ0) is 21.5. The van der Waals surface area contributed by atoms with Gasteiger partial charge in [-0.25, -0.2) is 14.6 Å². The van der Waals surface area contributed by atoms with Gasteiger partial charge in [-0.2, -0.15) is 18.3 Å².